The van der Waals surface area contributed by atoms with Crippen molar-refractivity contribution >= 4 is 14.4 Å². The molecule has 2 atom stereocenters. The largest absolute Gasteiger partial charge is 0.329 e. The van der Waals surface area contributed by atoms with E-state index < -0.39 is 8.53 Å². The van der Waals surface area contributed by atoms with Crippen molar-refractivity contribution in [2.45, 2.75) is 109 Å². The van der Waals surface area contributed by atoms with E-state index in [1.807, 2.05) is 0 Å². The van der Waals surface area contributed by atoms with Crippen LogP contribution in [0.4, 0.5) is 0 Å². The molecule has 1 saturated carbocycles. The summed E-state index contributed by atoms with van der Waals surface area (Å²) in [5.74, 6) is 0.523. The summed E-state index contributed by atoms with van der Waals surface area (Å²) in [7, 11) is -1.04. The number of rotatable bonds is 4. The van der Waals surface area contributed by atoms with E-state index in [9.17, 15) is 4.79 Å². The first-order valence-electron chi connectivity index (χ1n) is 10.9. The van der Waals surface area contributed by atoms with Crippen LogP contribution in [0.25, 0.3) is 0 Å². The molecule has 3 rings (SSSR count). The van der Waals surface area contributed by atoms with E-state index in [0.29, 0.717) is 5.92 Å². The maximum absolute atomic E-state index is 12.7. The highest BCUT2D eigenvalue weighted by molar-refractivity contribution is 7.45. The number of likely N-dealkylation sites (tertiary alicyclic amines) is 1. The fourth-order valence-electron chi connectivity index (χ4n) is 5.94. The third-order valence-corrected chi connectivity index (χ3v) is 8.54. The molecule has 2 aliphatic heterocycles. The number of amides is 1. The lowest BCUT2D eigenvalue weighted by Gasteiger charge is -2.59. The summed E-state index contributed by atoms with van der Waals surface area (Å²) in [4.78, 5) is 14.7. The van der Waals surface area contributed by atoms with Crippen LogP contribution in [0.3, 0.4) is 0 Å². The Balaban J connectivity index is 1.86. The lowest BCUT2D eigenvalue weighted by molar-refractivity contribution is -0.148. The summed E-state index contributed by atoms with van der Waals surface area (Å²) in [5, 5.41) is 3.90. The SMILES string of the molecule is C=CC(=O)N1C(C)(C)CC(C2(NP3OCCC(C)O3)CCCCC2)CC1(C)C. The van der Waals surface area contributed by atoms with Gasteiger partial charge in [-0.25, -0.2) is 5.09 Å². The normalized spacial score (nSPS) is 32.7. The zero-order chi connectivity index (χ0) is 20.6. The fourth-order valence-corrected chi connectivity index (χ4v) is 7.59. The van der Waals surface area contributed by atoms with Crippen LogP contribution >= 0.6 is 8.53 Å². The molecule has 5 nitrogen and oxygen atoms in total. The van der Waals surface area contributed by atoms with Crippen LogP contribution in [-0.2, 0) is 13.8 Å². The van der Waals surface area contributed by atoms with Crippen LogP contribution in [0.2, 0.25) is 0 Å². The van der Waals surface area contributed by atoms with Crippen molar-refractivity contribution in [2.24, 2.45) is 5.92 Å². The first kappa shape index (κ1) is 22.2. The van der Waals surface area contributed by atoms with E-state index in [-0.39, 0.29) is 28.6 Å². The van der Waals surface area contributed by atoms with Crippen LogP contribution in [0.5, 0.6) is 0 Å². The van der Waals surface area contributed by atoms with Gasteiger partial charge in [-0.3, -0.25) is 4.79 Å². The third kappa shape index (κ3) is 4.48. The van der Waals surface area contributed by atoms with Gasteiger partial charge in [-0.05, 0) is 78.7 Å². The van der Waals surface area contributed by atoms with Crippen molar-refractivity contribution < 1.29 is 13.8 Å². The lowest BCUT2D eigenvalue weighted by Crippen LogP contribution is -2.66. The van der Waals surface area contributed by atoms with Crippen LogP contribution in [0, 0.1) is 5.92 Å². The van der Waals surface area contributed by atoms with Crippen molar-refractivity contribution in [2.75, 3.05) is 6.61 Å². The number of piperidine rings is 1. The van der Waals surface area contributed by atoms with Crippen molar-refractivity contribution in [3.8, 4) is 0 Å². The molecule has 28 heavy (non-hydrogen) atoms. The number of hydrogen-bond donors (Lipinski definition) is 1. The summed E-state index contributed by atoms with van der Waals surface area (Å²) in [6, 6.07) is 0. The molecule has 1 aliphatic carbocycles. The van der Waals surface area contributed by atoms with Gasteiger partial charge in [-0.2, -0.15) is 0 Å². The molecule has 0 spiro atoms. The quantitative estimate of drug-likeness (QED) is 0.504. The zero-order valence-electron chi connectivity index (χ0n) is 18.4. The lowest BCUT2D eigenvalue weighted by atomic mass is 9.62. The van der Waals surface area contributed by atoms with Crippen molar-refractivity contribution in [1.29, 1.82) is 0 Å². The predicted octanol–water partition coefficient (Wildman–Crippen LogP) is 5.31. The average molecular weight is 411 g/mol. The van der Waals surface area contributed by atoms with Crippen molar-refractivity contribution in [3.05, 3.63) is 12.7 Å². The number of carbonyl (C=O) groups is 1. The number of hydrogen-bond acceptors (Lipinski definition) is 4. The number of carbonyl (C=O) groups excluding carboxylic acids is 1. The number of nitrogens with zero attached hydrogens (tertiary/aromatic N) is 1. The first-order chi connectivity index (χ1) is 13.1. The Labute approximate surface area is 172 Å². The van der Waals surface area contributed by atoms with Crippen LogP contribution in [0.1, 0.15) is 86.0 Å². The van der Waals surface area contributed by atoms with Gasteiger partial charge in [-0.15, -0.1) is 0 Å². The summed E-state index contributed by atoms with van der Waals surface area (Å²) in [5.41, 5.74) is -0.379. The van der Waals surface area contributed by atoms with Gasteiger partial charge in [0, 0.05) is 16.6 Å². The molecule has 0 aromatic heterocycles. The Morgan fingerprint density at radius 2 is 1.75 bits per heavy atom. The zero-order valence-corrected chi connectivity index (χ0v) is 19.3. The van der Waals surface area contributed by atoms with Gasteiger partial charge in [0.2, 0.25) is 5.91 Å². The minimum absolute atomic E-state index is 0.0382. The Morgan fingerprint density at radius 3 is 2.29 bits per heavy atom. The third-order valence-electron chi connectivity index (χ3n) is 6.95. The smallest absolute Gasteiger partial charge is 0.256 e. The van der Waals surface area contributed by atoms with E-state index in [1.54, 1.807) is 0 Å². The summed E-state index contributed by atoms with van der Waals surface area (Å²) < 4.78 is 12.1. The average Bonchev–Trinajstić information content (AvgIpc) is 2.60. The molecule has 1 N–H and O–H groups in total. The molecule has 0 bridgehead atoms. The highest BCUT2D eigenvalue weighted by atomic mass is 31.2. The van der Waals surface area contributed by atoms with E-state index >= 15 is 0 Å². The molecular formula is C22H39N2O3P. The summed E-state index contributed by atoms with van der Waals surface area (Å²) >= 11 is 0. The molecular weight excluding hydrogens is 371 g/mol. The molecule has 6 heteroatoms. The summed E-state index contributed by atoms with van der Waals surface area (Å²) in [6.45, 7) is 15.5. The maximum atomic E-state index is 12.7. The van der Waals surface area contributed by atoms with Crippen molar-refractivity contribution in [3.63, 3.8) is 0 Å². The Bertz CT molecular complexity index is 568. The topological polar surface area (TPSA) is 50.8 Å². The van der Waals surface area contributed by atoms with Gasteiger partial charge in [0.25, 0.3) is 8.53 Å². The monoisotopic (exact) mass is 410 g/mol. The minimum Gasteiger partial charge on any atom is -0.329 e. The molecule has 2 saturated heterocycles. The highest BCUT2D eigenvalue weighted by Crippen LogP contribution is 2.53. The Kier molecular flexibility index (Phi) is 6.61. The van der Waals surface area contributed by atoms with Crippen LogP contribution < -0.4 is 5.09 Å². The standard InChI is InChI=1S/C22H39N2O3P/c1-7-19(25)24-20(3,4)15-18(16-21(24,5)6)22(12-9-8-10-13-22)23-28-26-14-11-17(2)27-28/h7,17-18,23H,1,8-16H2,2-6H3. The highest BCUT2D eigenvalue weighted by Gasteiger charge is 2.53. The molecule has 2 unspecified atom stereocenters. The second kappa shape index (κ2) is 8.34. The second-order valence-corrected chi connectivity index (χ2v) is 11.4. The maximum Gasteiger partial charge on any atom is 0.256 e. The van der Waals surface area contributed by atoms with Crippen LogP contribution in [-0.4, -0.2) is 40.1 Å². The fraction of sp³-hybridized carbons (Fsp3) is 0.864. The van der Waals surface area contributed by atoms with E-state index in [2.05, 4.69) is 51.2 Å². The van der Waals surface area contributed by atoms with Crippen LogP contribution in [0.15, 0.2) is 12.7 Å². The van der Waals surface area contributed by atoms with Gasteiger partial charge in [0.15, 0.2) is 0 Å². The van der Waals surface area contributed by atoms with Gasteiger partial charge in [0.05, 0.1) is 12.7 Å². The Morgan fingerprint density at radius 1 is 1.14 bits per heavy atom. The number of nitrogens with one attached hydrogen (secondary N) is 1. The van der Waals surface area contributed by atoms with E-state index in [1.165, 1.54) is 38.2 Å². The molecule has 3 aliphatic rings. The predicted molar refractivity (Wildman–Crippen MR) is 115 cm³/mol. The molecule has 160 valence electrons. The van der Waals surface area contributed by atoms with Gasteiger partial charge < -0.3 is 13.9 Å². The van der Waals surface area contributed by atoms with Crippen molar-refractivity contribution in [1.82, 2.24) is 9.99 Å². The molecule has 0 aromatic rings. The molecule has 2 heterocycles. The molecule has 0 radical (unpaired) electrons. The van der Waals surface area contributed by atoms with Gasteiger partial charge in [0.1, 0.15) is 0 Å². The van der Waals surface area contributed by atoms with E-state index in [0.717, 1.165) is 25.9 Å². The van der Waals surface area contributed by atoms with E-state index in [4.69, 9.17) is 9.05 Å². The Hall–Kier alpha value is -0.480. The second-order valence-electron chi connectivity index (χ2n) is 10.2. The first-order valence-corrected chi connectivity index (χ1v) is 12.1. The molecule has 1 amide bonds. The minimum atomic E-state index is -1.04. The van der Waals surface area contributed by atoms with Gasteiger partial charge in [-0.1, -0.05) is 25.8 Å². The summed E-state index contributed by atoms with van der Waals surface area (Å²) in [6.07, 6.45) is 10.8. The van der Waals surface area contributed by atoms with Gasteiger partial charge >= 0.3 is 0 Å². The molecule has 3 fully saturated rings. The molecule has 0 aromatic carbocycles.